The number of amides is 2. The number of hydrogen-bond acceptors (Lipinski definition) is 5. The van der Waals surface area contributed by atoms with Crippen LogP contribution in [0.3, 0.4) is 0 Å². The van der Waals surface area contributed by atoms with Crippen LogP contribution >= 0.6 is 0 Å². The van der Waals surface area contributed by atoms with Crippen molar-refractivity contribution in [2.75, 3.05) is 18.7 Å². The van der Waals surface area contributed by atoms with E-state index in [2.05, 4.69) is 10.3 Å². The smallest absolute Gasteiger partial charge is 0.332 e. The van der Waals surface area contributed by atoms with Crippen molar-refractivity contribution in [1.82, 2.24) is 9.71 Å². The molecule has 3 rings (SSSR count). The fourth-order valence-corrected chi connectivity index (χ4v) is 3.72. The molecular formula is C20H24FN3O4S. The molecular weight excluding hydrogens is 397 g/mol. The first-order valence-electron chi connectivity index (χ1n) is 9.26. The number of anilines is 1. The second kappa shape index (κ2) is 7.98. The number of ether oxygens (including phenoxy) is 1. The molecule has 29 heavy (non-hydrogen) atoms. The number of nitrogens with zero attached hydrogens (tertiary/aromatic N) is 1. The highest BCUT2D eigenvalue weighted by atomic mass is 32.2. The summed E-state index contributed by atoms with van der Waals surface area (Å²) in [7, 11) is -2.27. The minimum Gasteiger partial charge on any atom is -0.481 e. The summed E-state index contributed by atoms with van der Waals surface area (Å²) >= 11 is 0. The summed E-state index contributed by atoms with van der Waals surface area (Å²) in [5.74, 6) is -0.0557. The Morgan fingerprint density at radius 2 is 2.00 bits per heavy atom. The highest BCUT2D eigenvalue weighted by molar-refractivity contribution is 7.89. The third-order valence-corrected chi connectivity index (χ3v) is 5.26. The Labute approximate surface area is 169 Å². The predicted octanol–water partition coefficient (Wildman–Crippen LogP) is 3.98. The molecule has 1 heterocycles. The molecule has 0 unspecified atom stereocenters. The van der Waals surface area contributed by atoms with Crippen molar-refractivity contribution >= 4 is 21.7 Å². The van der Waals surface area contributed by atoms with Gasteiger partial charge < -0.3 is 10.1 Å². The van der Waals surface area contributed by atoms with Crippen LogP contribution in [0.2, 0.25) is 0 Å². The molecule has 1 aromatic heterocycles. The van der Waals surface area contributed by atoms with Gasteiger partial charge in [-0.3, -0.25) is 0 Å². The van der Waals surface area contributed by atoms with Gasteiger partial charge in [-0.1, -0.05) is 13.8 Å². The highest BCUT2D eigenvalue weighted by Gasteiger charge is 2.33. The van der Waals surface area contributed by atoms with E-state index in [1.165, 1.54) is 13.2 Å². The lowest BCUT2D eigenvalue weighted by Crippen LogP contribution is -2.34. The van der Waals surface area contributed by atoms with Gasteiger partial charge in [0.15, 0.2) is 0 Å². The lowest BCUT2D eigenvalue weighted by molar-refractivity contribution is 0.256. The van der Waals surface area contributed by atoms with Gasteiger partial charge in [0.2, 0.25) is 15.9 Å². The summed E-state index contributed by atoms with van der Waals surface area (Å²) in [4.78, 5) is 16.5. The maximum Gasteiger partial charge on any atom is 0.332 e. The number of sulfonamides is 1. The second-order valence-corrected chi connectivity index (χ2v) is 9.20. The fraction of sp³-hybridized carbons (Fsp3) is 0.400. The number of carbonyl (C=O) groups excluding carboxylic acids is 1. The Morgan fingerprint density at radius 1 is 1.31 bits per heavy atom. The zero-order valence-corrected chi connectivity index (χ0v) is 17.6. The van der Waals surface area contributed by atoms with Crippen LogP contribution in [0.15, 0.2) is 24.4 Å². The number of halogens is 1. The van der Waals surface area contributed by atoms with Crippen molar-refractivity contribution in [2.45, 2.75) is 38.5 Å². The van der Waals surface area contributed by atoms with E-state index in [4.69, 9.17) is 4.74 Å². The summed E-state index contributed by atoms with van der Waals surface area (Å²) in [5.41, 5.74) is 2.63. The Morgan fingerprint density at radius 3 is 2.55 bits per heavy atom. The third-order valence-electron chi connectivity index (χ3n) is 4.70. The number of pyridine rings is 1. The van der Waals surface area contributed by atoms with Gasteiger partial charge in [-0.05, 0) is 47.9 Å². The summed E-state index contributed by atoms with van der Waals surface area (Å²) in [5, 5.41) is 2.65. The first-order valence-corrected chi connectivity index (χ1v) is 11.1. The van der Waals surface area contributed by atoms with E-state index >= 15 is 4.39 Å². The number of hydrogen-bond donors (Lipinski definition) is 2. The monoisotopic (exact) mass is 421 g/mol. The molecule has 0 spiro atoms. The first-order chi connectivity index (χ1) is 13.6. The maximum absolute atomic E-state index is 15.1. The minimum absolute atomic E-state index is 0.0453. The number of urea groups is 1. The number of aromatic nitrogens is 1. The van der Waals surface area contributed by atoms with Crippen LogP contribution in [0.25, 0.3) is 11.1 Å². The van der Waals surface area contributed by atoms with Gasteiger partial charge in [0.1, 0.15) is 5.82 Å². The molecule has 1 saturated carbocycles. The predicted molar refractivity (Wildman–Crippen MR) is 109 cm³/mol. The first kappa shape index (κ1) is 21.0. The third kappa shape index (κ3) is 4.84. The van der Waals surface area contributed by atoms with E-state index in [0.29, 0.717) is 33.8 Å². The molecule has 0 saturated heterocycles. The topological polar surface area (TPSA) is 97.4 Å². The summed E-state index contributed by atoms with van der Waals surface area (Å²) in [6, 6.07) is 3.92. The van der Waals surface area contributed by atoms with Gasteiger partial charge in [0, 0.05) is 23.4 Å². The van der Waals surface area contributed by atoms with Crippen molar-refractivity contribution in [3.63, 3.8) is 0 Å². The lowest BCUT2D eigenvalue weighted by Gasteiger charge is -2.22. The Bertz CT molecular complexity index is 1050. The second-order valence-electron chi connectivity index (χ2n) is 7.46. The number of methoxy groups -OCH3 is 1. The maximum atomic E-state index is 15.1. The van der Waals surface area contributed by atoms with E-state index in [1.54, 1.807) is 18.3 Å². The number of carbonyl (C=O) groups is 1. The standard InChI is InChI=1S/C20H24FN3O4S/c1-11(2)14-10-15(21)17(12-5-6-12)18(13-7-8-22-16(9-13)28-3)19(14)23-20(25)24-29(4,26)27/h7-12H,5-6H2,1-4H3,(H2,23,24,25). The number of benzene rings is 1. The van der Waals surface area contributed by atoms with Gasteiger partial charge >= 0.3 is 6.03 Å². The molecule has 1 aliphatic rings. The van der Waals surface area contributed by atoms with E-state index in [-0.39, 0.29) is 17.7 Å². The van der Waals surface area contributed by atoms with E-state index in [0.717, 1.165) is 19.1 Å². The molecule has 1 aliphatic carbocycles. The van der Waals surface area contributed by atoms with Crippen molar-refractivity contribution in [1.29, 1.82) is 0 Å². The molecule has 2 N–H and O–H groups in total. The van der Waals surface area contributed by atoms with Crippen LogP contribution in [0.4, 0.5) is 14.9 Å². The fourth-order valence-electron chi connectivity index (χ4n) is 3.33. The summed E-state index contributed by atoms with van der Waals surface area (Å²) < 4.78 is 45.2. The van der Waals surface area contributed by atoms with Crippen LogP contribution in [-0.4, -0.2) is 32.8 Å². The minimum atomic E-state index is -3.75. The molecule has 2 aromatic rings. The molecule has 0 radical (unpaired) electrons. The Balaban J connectivity index is 2.25. The average Bonchev–Trinajstić information content (AvgIpc) is 3.45. The summed E-state index contributed by atoms with van der Waals surface area (Å²) in [6.07, 6.45) is 4.14. The molecule has 0 bridgehead atoms. The SMILES string of the molecule is COc1cc(-c2c(NC(=O)NS(C)(=O)=O)c(C(C)C)cc(F)c2C2CC2)ccn1. The summed E-state index contributed by atoms with van der Waals surface area (Å²) in [6.45, 7) is 3.75. The molecule has 7 nitrogen and oxygen atoms in total. The Kier molecular flexibility index (Phi) is 5.79. The molecule has 1 fully saturated rings. The Hall–Kier alpha value is -2.68. The van der Waals surface area contributed by atoms with Crippen LogP contribution < -0.4 is 14.8 Å². The van der Waals surface area contributed by atoms with Crippen LogP contribution in [0.5, 0.6) is 5.88 Å². The van der Waals surface area contributed by atoms with E-state index < -0.39 is 16.1 Å². The van der Waals surface area contributed by atoms with Gasteiger partial charge in [0.25, 0.3) is 0 Å². The van der Waals surface area contributed by atoms with Gasteiger partial charge in [-0.2, -0.15) is 0 Å². The number of nitrogens with one attached hydrogen (secondary N) is 2. The quantitative estimate of drug-likeness (QED) is 0.735. The van der Waals surface area contributed by atoms with E-state index in [9.17, 15) is 13.2 Å². The van der Waals surface area contributed by atoms with Crippen LogP contribution in [0, 0.1) is 5.82 Å². The molecule has 2 amide bonds. The molecule has 0 aliphatic heterocycles. The van der Waals surface area contributed by atoms with Crippen molar-refractivity contribution in [3.05, 3.63) is 41.3 Å². The zero-order chi connectivity index (χ0) is 21.3. The van der Waals surface area contributed by atoms with Crippen molar-refractivity contribution in [2.24, 2.45) is 0 Å². The van der Waals surface area contributed by atoms with Gasteiger partial charge in [-0.15, -0.1) is 0 Å². The van der Waals surface area contributed by atoms with E-state index in [1.807, 2.05) is 18.6 Å². The van der Waals surface area contributed by atoms with Crippen LogP contribution in [-0.2, 0) is 10.0 Å². The van der Waals surface area contributed by atoms with Gasteiger partial charge in [0.05, 0.1) is 19.1 Å². The number of rotatable bonds is 6. The lowest BCUT2D eigenvalue weighted by atomic mass is 9.88. The van der Waals surface area contributed by atoms with Crippen molar-refractivity contribution in [3.8, 4) is 17.0 Å². The molecule has 156 valence electrons. The molecule has 0 atom stereocenters. The zero-order valence-electron chi connectivity index (χ0n) is 16.7. The van der Waals surface area contributed by atoms with Crippen LogP contribution in [0.1, 0.15) is 49.7 Å². The van der Waals surface area contributed by atoms with Crippen molar-refractivity contribution < 1.29 is 22.3 Å². The molecule has 1 aromatic carbocycles. The largest absolute Gasteiger partial charge is 0.481 e. The average molecular weight is 421 g/mol. The highest BCUT2D eigenvalue weighted by Crippen LogP contribution is 2.50. The molecule has 9 heteroatoms. The normalized spacial score (nSPS) is 14.0. The van der Waals surface area contributed by atoms with Gasteiger partial charge in [-0.25, -0.2) is 27.3 Å².